The van der Waals surface area contributed by atoms with Crippen LogP contribution in [-0.4, -0.2) is 4.57 Å². The number of hydrogen-bond donors (Lipinski definition) is 1. The average Bonchev–Trinajstić information content (AvgIpc) is 2.64. The van der Waals surface area contributed by atoms with E-state index in [1.54, 1.807) is 6.20 Å². The van der Waals surface area contributed by atoms with Crippen molar-refractivity contribution in [2.45, 2.75) is 34.6 Å². The van der Waals surface area contributed by atoms with Gasteiger partial charge in [0.15, 0.2) is 0 Å². The molecular weight excluding hydrogens is 172 g/mol. The first-order valence-electron chi connectivity index (χ1n) is 5.29. The van der Waals surface area contributed by atoms with Crippen molar-refractivity contribution in [3.8, 4) is 0 Å². The summed E-state index contributed by atoms with van der Waals surface area (Å²) < 4.78 is 2.00. The molecule has 1 heterocycles. The normalized spacial score (nSPS) is 11.3. The zero-order valence-corrected chi connectivity index (χ0v) is 10.3. The van der Waals surface area contributed by atoms with Crippen molar-refractivity contribution in [2.75, 3.05) is 0 Å². The van der Waals surface area contributed by atoms with Crippen LogP contribution in [0.3, 0.4) is 0 Å². The highest BCUT2D eigenvalue weighted by molar-refractivity contribution is 5.25. The molecule has 2 nitrogen and oxygen atoms in total. The highest BCUT2D eigenvalue weighted by Gasteiger charge is 1.85. The molecule has 0 aliphatic carbocycles. The summed E-state index contributed by atoms with van der Waals surface area (Å²) in [5.41, 5.74) is 5.41. The van der Waals surface area contributed by atoms with Crippen LogP contribution in [-0.2, 0) is 7.05 Å². The lowest BCUT2D eigenvalue weighted by Gasteiger charge is -1.87. The quantitative estimate of drug-likeness (QED) is 0.671. The van der Waals surface area contributed by atoms with Gasteiger partial charge in [-0.25, -0.2) is 0 Å². The summed E-state index contributed by atoms with van der Waals surface area (Å²) in [5, 5.41) is 2.26. The van der Waals surface area contributed by atoms with E-state index in [1.807, 2.05) is 64.6 Å². The van der Waals surface area contributed by atoms with Crippen LogP contribution in [0, 0.1) is 0 Å². The highest BCUT2D eigenvalue weighted by atomic mass is 14.9. The molecule has 14 heavy (non-hydrogen) atoms. The number of hydrogen-bond acceptors (Lipinski definition) is 1. The van der Waals surface area contributed by atoms with Gasteiger partial charge in [-0.2, -0.15) is 0 Å². The van der Waals surface area contributed by atoms with Gasteiger partial charge in [0, 0.05) is 19.4 Å². The number of aromatic nitrogens is 1. The number of aryl methyl sites for hydroxylation is 1. The lowest BCUT2D eigenvalue weighted by atomic mass is 10.4. The molecule has 0 saturated carbocycles. The van der Waals surface area contributed by atoms with E-state index in [-0.39, 0.29) is 0 Å². The predicted molar refractivity (Wildman–Crippen MR) is 66.2 cm³/mol. The van der Waals surface area contributed by atoms with Crippen molar-refractivity contribution in [1.29, 1.82) is 0 Å². The molecule has 0 aromatic carbocycles. The van der Waals surface area contributed by atoms with Gasteiger partial charge in [0.25, 0.3) is 0 Å². The maximum Gasteiger partial charge on any atom is 0.0631 e. The van der Waals surface area contributed by atoms with E-state index in [0.717, 1.165) is 5.35 Å². The second kappa shape index (κ2) is 9.90. The van der Waals surface area contributed by atoms with Crippen LogP contribution < -0.4 is 16.3 Å². The summed E-state index contributed by atoms with van der Waals surface area (Å²) in [7, 11) is 1.98. The topological polar surface area (TPSA) is 30.9 Å². The maximum atomic E-state index is 5.41. The Labute approximate surface area is 87.7 Å². The molecule has 0 atom stereocenters. The van der Waals surface area contributed by atoms with Crippen LogP contribution in [0.5, 0.6) is 0 Å². The summed E-state index contributed by atoms with van der Waals surface area (Å²) in [6.07, 6.45) is 5.65. The third-order valence-corrected chi connectivity index (χ3v) is 1.62. The third kappa shape index (κ3) is 4.17. The van der Waals surface area contributed by atoms with Gasteiger partial charge in [-0.05, 0) is 18.2 Å². The van der Waals surface area contributed by atoms with E-state index in [2.05, 4.69) is 0 Å². The van der Waals surface area contributed by atoms with Gasteiger partial charge >= 0.3 is 0 Å². The van der Waals surface area contributed by atoms with Gasteiger partial charge < -0.3 is 10.3 Å². The first-order valence-corrected chi connectivity index (χ1v) is 5.29. The lowest BCUT2D eigenvalue weighted by Crippen LogP contribution is -2.28. The first-order chi connectivity index (χ1) is 6.79. The molecule has 0 fully saturated rings. The van der Waals surface area contributed by atoms with Crippen molar-refractivity contribution < 1.29 is 0 Å². The Kier molecular flexibility index (Phi) is 10.8. The van der Waals surface area contributed by atoms with E-state index >= 15 is 0 Å². The highest BCUT2D eigenvalue weighted by Crippen LogP contribution is 1.68. The average molecular weight is 196 g/mol. The first kappa shape index (κ1) is 15.3. The van der Waals surface area contributed by atoms with Gasteiger partial charge in [0.2, 0.25) is 0 Å². The number of nitrogens with two attached hydrogens (primary N) is 1. The van der Waals surface area contributed by atoms with Gasteiger partial charge in [0.05, 0.1) is 5.35 Å². The minimum atomic E-state index is 1.07. The van der Waals surface area contributed by atoms with Gasteiger partial charge in [0.1, 0.15) is 0 Å². The van der Waals surface area contributed by atoms with Crippen molar-refractivity contribution >= 4 is 12.3 Å². The van der Waals surface area contributed by atoms with E-state index in [9.17, 15) is 0 Å². The molecule has 0 unspecified atom stereocenters. The van der Waals surface area contributed by atoms with Crippen molar-refractivity contribution in [2.24, 2.45) is 12.8 Å². The summed E-state index contributed by atoms with van der Waals surface area (Å²) >= 11 is 0. The molecule has 1 rings (SSSR count). The fourth-order valence-corrected chi connectivity index (χ4v) is 1.02. The molecule has 0 amide bonds. The van der Waals surface area contributed by atoms with Gasteiger partial charge in [-0.1, -0.05) is 33.8 Å². The molecule has 2 N–H and O–H groups in total. The van der Waals surface area contributed by atoms with Crippen molar-refractivity contribution in [1.82, 2.24) is 4.57 Å². The van der Waals surface area contributed by atoms with Crippen LogP contribution in [0.15, 0.2) is 12.3 Å². The minimum absolute atomic E-state index is 1.07. The second-order valence-electron chi connectivity index (χ2n) is 2.22. The van der Waals surface area contributed by atoms with Crippen LogP contribution in [0.2, 0.25) is 0 Å². The van der Waals surface area contributed by atoms with E-state index in [4.69, 9.17) is 5.73 Å². The Morgan fingerprint density at radius 3 is 2.00 bits per heavy atom. The molecule has 0 radical (unpaired) electrons. The second-order valence-corrected chi connectivity index (χ2v) is 2.22. The summed E-state index contributed by atoms with van der Waals surface area (Å²) in [4.78, 5) is 0. The Morgan fingerprint density at radius 2 is 1.71 bits per heavy atom. The fourth-order valence-electron chi connectivity index (χ4n) is 1.02. The van der Waals surface area contributed by atoms with Crippen molar-refractivity contribution in [3.63, 3.8) is 0 Å². The summed E-state index contributed by atoms with van der Waals surface area (Å²) in [5.74, 6) is 0. The molecule has 2 heteroatoms. The zero-order chi connectivity index (χ0) is 11.6. The van der Waals surface area contributed by atoms with E-state index in [0.29, 0.717) is 0 Å². The minimum Gasteiger partial charge on any atom is -0.403 e. The molecule has 0 bridgehead atoms. The number of rotatable bonds is 0. The van der Waals surface area contributed by atoms with Crippen LogP contribution in [0.1, 0.15) is 34.6 Å². The molecule has 0 aliphatic heterocycles. The van der Waals surface area contributed by atoms with Gasteiger partial charge in [-0.3, -0.25) is 0 Å². The zero-order valence-electron chi connectivity index (χ0n) is 10.3. The fraction of sp³-hybridized carbons (Fsp3) is 0.500. The van der Waals surface area contributed by atoms with Gasteiger partial charge in [-0.15, -0.1) is 0 Å². The van der Waals surface area contributed by atoms with E-state index < -0.39 is 0 Å². The van der Waals surface area contributed by atoms with Crippen molar-refractivity contribution in [3.05, 3.63) is 22.8 Å². The van der Waals surface area contributed by atoms with Crippen LogP contribution >= 0.6 is 0 Å². The standard InChI is InChI=1S/C8H12N2.2C2H6/c1-3-7-4-5-10(2)8(7)6-9;2*1-2/h3-6H,9H2,1-2H3;2*1-2H3/b7-3-,8-6+;;. The third-order valence-electron chi connectivity index (χ3n) is 1.62. The maximum absolute atomic E-state index is 5.41. The molecule has 1 aromatic heterocycles. The lowest BCUT2D eigenvalue weighted by molar-refractivity contribution is 0.886. The predicted octanol–water partition coefficient (Wildman–Crippen LogP) is 1.57. The molecule has 0 spiro atoms. The molecule has 1 aromatic rings. The Balaban J connectivity index is 0. The molecule has 0 aliphatic rings. The Hall–Kier alpha value is -1.18. The monoisotopic (exact) mass is 196 g/mol. The smallest absolute Gasteiger partial charge is 0.0631 e. The summed E-state index contributed by atoms with van der Waals surface area (Å²) in [6.45, 7) is 10.0. The van der Waals surface area contributed by atoms with Crippen LogP contribution in [0.25, 0.3) is 12.3 Å². The molecule has 82 valence electrons. The Morgan fingerprint density at radius 1 is 1.21 bits per heavy atom. The molecular formula is C12H24N2. The largest absolute Gasteiger partial charge is 0.403 e. The Bertz CT molecular complexity index is 321. The van der Waals surface area contributed by atoms with Crippen LogP contribution in [0.4, 0.5) is 0 Å². The number of nitrogens with zero attached hydrogens (tertiary/aromatic N) is 1. The molecule has 0 saturated heterocycles. The van der Waals surface area contributed by atoms with E-state index in [1.165, 1.54) is 5.22 Å². The SMILES string of the molecule is C/C=c1/ccn(C)/c1=C/N.CC.CC. The summed E-state index contributed by atoms with van der Waals surface area (Å²) in [6, 6.07) is 2.04.